The number of piperidine rings is 1. The summed E-state index contributed by atoms with van der Waals surface area (Å²) in [4.78, 5) is 3.10. The van der Waals surface area contributed by atoms with Crippen molar-refractivity contribution in [1.29, 1.82) is 0 Å². The summed E-state index contributed by atoms with van der Waals surface area (Å²) in [7, 11) is -3.49. The van der Waals surface area contributed by atoms with Crippen LogP contribution in [0.5, 0.6) is 0 Å². The summed E-state index contributed by atoms with van der Waals surface area (Å²) >= 11 is 1.27. The molecule has 0 aromatic carbocycles. The van der Waals surface area contributed by atoms with Gasteiger partial charge in [0.2, 0.25) is 10.0 Å². The summed E-state index contributed by atoms with van der Waals surface area (Å²) < 4.78 is 27.1. The lowest BCUT2D eigenvalue weighted by molar-refractivity contribution is 0.193. The highest BCUT2D eigenvalue weighted by Gasteiger charge is 2.23. The van der Waals surface area contributed by atoms with E-state index in [0.717, 1.165) is 32.5 Å². The van der Waals surface area contributed by atoms with Crippen LogP contribution in [-0.2, 0) is 16.6 Å². The van der Waals surface area contributed by atoms with E-state index >= 15 is 0 Å². The maximum atomic E-state index is 12.2. The highest BCUT2D eigenvalue weighted by Crippen LogP contribution is 2.22. The molecule has 5 nitrogen and oxygen atoms in total. The number of nitrogens with zero attached hydrogens (tertiary/aromatic N) is 1. The van der Waals surface area contributed by atoms with Crippen LogP contribution in [0.25, 0.3) is 0 Å². The van der Waals surface area contributed by atoms with Crippen molar-refractivity contribution >= 4 is 21.4 Å². The molecule has 2 N–H and O–H groups in total. The smallest absolute Gasteiger partial charge is 0.241 e. The molecule has 2 heterocycles. The fourth-order valence-electron chi connectivity index (χ4n) is 2.50. The van der Waals surface area contributed by atoms with Crippen LogP contribution in [0.2, 0.25) is 0 Å². The van der Waals surface area contributed by atoms with Crippen molar-refractivity contribution in [2.24, 2.45) is 5.92 Å². The van der Waals surface area contributed by atoms with Crippen molar-refractivity contribution in [3.8, 4) is 0 Å². The van der Waals surface area contributed by atoms with E-state index in [1.807, 2.05) is 0 Å². The molecule has 1 aromatic heterocycles. The quantitative estimate of drug-likeness (QED) is 0.828. The maximum absolute atomic E-state index is 12.2. The molecule has 1 aliphatic rings. The van der Waals surface area contributed by atoms with Crippen LogP contribution in [0, 0.1) is 5.92 Å². The van der Waals surface area contributed by atoms with Crippen molar-refractivity contribution in [2.75, 3.05) is 26.2 Å². The third kappa shape index (κ3) is 3.79. The molecule has 1 aromatic rings. The Labute approximate surface area is 124 Å². The van der Waals surface area contributed by atoms with E-state index in [1.54, 1.807) is 11.4 Å². The standard InChI is InChI=1S/C13H22N2O3S2/c1-2-15-6-3-11(4-7-15)9-14-20(17,18)13-5-8-19-12(13)10-16/h5,8,11,14,16H,2-4,6-7,9-10H2,1H3. The van der Waals surface area contributed by atoms with Gasteiger partial charge < -0.3 is 10.0 Å². The zero-order valence-corrected chi connectivity index (χ0v) is 13.3. The predicted octanol–water partition coefficient (Wildman–Crippen LogP) is 1.25. The Hall–Kier alpha value is -0.470. The molecule has 7 heteroatoms. The Morgan fingerprint density at radius 1 is 1.45 bits per heavy atom. The van der Waals surface area contributed by atoms with Crippen LogP contribution in [0.4, 0.5) is 0 Å². The van der Waals surface area contributed by atoms with Gasteiger partial charge in [0.25, 0.3) is 0 Å². The lowest BCUT2D eigenvalue weighted by atomic mass is 9.97. The third-order valence-corrected chi connectivity index (χ3v) is 6.40. The first-order valence-corrected chi connectivity index (χ1v) is 9.32. The zero-order chi connectivity index (χ0) is 14.6. The summed E-state index contributed by atoms with van der Waals surface area (Å²) in [6.07, 6.45) is 2.07. The number of likely N-dealkylation sites (tertiary alicyclic amines) is 1. The van der Waals surface area contributed by atoms with E-state index in [1.165, 1.54) is 11.3 Å². The van der Waals surface area contributed by atoms with Gasteiger partial charge in [0.1, 0.15) is 0 Å². The Morgan fingerprint density at radius 3 is 2.75 bits per heavy atom. The van der Waals surface area contributed by atoms with E-state index < -0.39 is 10.0 Å². The van der Waals surface area contributed by atoms with E-state index in [4.69, 9.17) is 5.11 Å². The minimum atomic E-state index is -3.49. The molecule has 114 valence electrons. The van der Waals surface area contributed by atoms with Gasteiger partial charge in [0, 0.05) is 11.4 Å². The largest absolute Gasteiger partial charge is 0.391 e. The number of hydrogen-bond acceptors (Lipinski definition) is 5. The number of sulfonamides is 1. The van der Waals surface area contributed by atoms with Gasteiger partial charge >= 0.3 is 0 Å². The van der Waals surface area contributed by atoms with Gasteiger partial charge in [-0.2, -0.15) is 0 Å². The summed E-state index contributed by atoms with van der Waals surface area (Å²) in [5, 5.41) is 10.9. The molecule has 20 heavy (non-hydrogen) atoms. The Bertz CT molecular complexity index is 519. The number of thiophene rings is 1. The van der Waals surface area contributed by atoms with Crippen LogP contribution in [0.1, 0.15) is 24.6 Å². The van der Waals surface area contributed by atoms with Gasteiger partial charge in [-0.3, -0.25) is 0 Å². The van der Waals surface area contributed by atoms with Crippen molar-refractivity contribution in [1.82, 2.24) is 9.62 Å². The lowest BCUT2D eigenvalue weighted by Gasteiger charge is -2.30. The molecule has 0 radical (unpaired) electrons. The molecule has 0 bridgehead atoms. The molecule has 0 saturated carbocycles. The molecule has 0 unspecified atom stereocenters. The number of nitrogens with one attached hydrogen (secondary N) is 1. The molecule has 1 fully saturated rings. The summed E-state index contributed by atoms with van der Waals surface area (Å²) in [5.41, 5.74) is 0. The van der Waals surface area contributed by atoms with Gasteiger partial charge in [-0.15, -0.1) is 11.3 Å². The zero-order valence-electron chi connectivity index (χ0n) is 11.7. The molecule has 0 atom stereocenters. The molecular weight excluding hydrogens is 296 g/mol. The van der Waals surface area contributed by atoms with Crippen molar-refractivity contribution in [2.45, 2.75) is 31.3 Å². The Kier molecular flexibility index (Phi) is 5.57. The van der Waals surface area contributed by atoms with Crippen molar-refractivity contribution in [3.05, 3.63) is 16.3 Å². The number of aliphatic hydroxyl groups is 1. The SMILES string of the molecule is CCN1CCC(CNS(=O)(=O)c2ccsc2CO)CC1. The summed E-state index contributed by atoms with van der Waals surface area (Å²) in [6, 6.07) is 1.55. The predicted molar refractivity (Wildman–Crippen MR) is 80.3 cm³/mol. The summed E-state index contributed by atoms with van der Waals surface area (Å²) in [5.74, 6) is 0.406. The fraction of sp³-hybridized carbons (Fsp3) is 0.692. The molecule has 0 amide bonds. The second-order valence-electron chi connectivity index (χ2n) is 5.10. The van der Waals surface area contributed by atoms with Crippen LogP contribution >= 0.6 is 11.3 Å². The highest BCUT2D eigenvalue weighted by atomic mass is 32.2. The Balaban J connectivity index is 1.90. The number of hydrogen-bond donors (Lipinski definition) is 2. The first-order valence-electron chi connectivity index (χ1n) is 6.96. The Morgan fingerprint density at radius 2 is 2.15 bits per heavy atom. The van der Waals surface area contributed by atoms with Crippen LogP contribution < -0.4 is 4.72 Å². The van der Waals surface area contributed by atoms with E-state index in [2.05, 4.69) is 16.5 Å². The average Bonchev–Trinajstić information content (AvgIpc) is 2.95. The lowest BCUT2D eigenvalue weighted by Crippen LogP contribution is -2.38. The monoisotopic (exact) mass is 318 g/mol. The second kappa shape index (κ2) is 7.00. The first kappa shape index (κ1) is 15.9. The topological polar surface area (TPSA) is 69.6 Å². The third-order valence-electron chi connectivity index (χ3n) is 3.85. The van der Waals surface area contributed by atoms with Crippen LogP contribution in [-0.4, -0.2) is 44.6 Å². The minimum Gasteiger partial charge on any atom is -0.391 e. The minimum absolute atomic E-state index is 0.219. The van der Waals surface area contributed by atoms with Crippen molar-refractivity contribution in [3.63, 3.8) is 0 Å². The van der Waals surface area contributed by atoms with E-state index in [9.17, 15) is 8.42 Å². The molecule has 1 saturated heterocycles. The normalized spacial score (nSPS) is 18.5. The van der Waals surface area contributed by atoms with Crippen LogP contribution in [0.3, 0.4) is 0 Å². The molecular formula is C13H22N2O3S2. The maximum Gasteiger partial charge on any atom is 0.241 e. The molecule has 1 aliphatic heterocycles. The van der Waals surface area contributed by atoms with E-state index in [0.29, 0.717) is 17.3 Å². The second-order valence-corrected chi connectivity index (χ2v) is 7.83. The van der Waals surface area contributed by atoms with Gasteiger partial charge in [0.05, 0.1) is 11.5 Å². The van der Waals surface area contributed by atoms with E-state index in [-0.39, 0.29) is 11.5 Å². The van der Waals surface area contributed by atoms with Crippen LogP contribution in [0.15, 0.2) is 16.3 Å². The van der Waals surface area contributed by atoms with Gasteiger partial charge in [-0.1, -0.05) is 6.92 Å². The molecule has 0 spiro atoms. The number of rotatable bonds is 6. The highest BCUT2D eigenvalue weighted by molar-refractivity contribution is 7.89. The summed E-state index contributed by atoms with van der Waals surface area (Å²) in [6.45, 7) is 5.55. The van der Waals surface area contributed by atoms with Gasteiger partial charge in [-0.25, -0.2) is 13.1 Å². The number of aliphatic hydroxyl groups excluding tert-OH is 1. The van der Waals surface area contributed by atoms with Crippen molar-refractivity contribution < 1.29 is 13.5 Å². The van der Waals surface area contributed by atoms with Gasteiger partial charge in [0.15, 0.2) is 0 Å². The fourth-order valence-corrected chi connectivity index (χ4v) is 4.90. The first-order chi connectivity index (χ1) is 9.56. The molecule has 0 aliphatic carbocycles. The molecule has 2 rings (SSSR count). The average molecular weight is 318 g/mol. The van der Waals surface area contributed by atoms with Gasteiger partial charge in [-0.05, 0) is 49.8 Å².